The van der Waals surface area contributed by atoms with Gasteiger partial charge in [0.15, 0.2) is 5.82 Å². The second kappa shape index (κ2) is 4.70. The minimum absolute atomic E-state index is 0.637. The van der Waals surface area contributed by atoms with Crippen LogP contribution in [0.2, 0.25) is 0 Å². The molecule has 0 aliphatic heterocycles. The van der Waals surface area contributed by atoms with Gasteiger partial charge >= 0.3 is 0 Å². The lowest BCUT2D eigenvalue weighted by Gasteiger charge is -2.56. The van der Waals surface area contributed by atoms with Crippen LogP contribution in [0.5, 0.6) is 0 Å². The molecule has 2 saturated carbocycles. The van der Waals surface area contributed by atoms with E-state index in [1.807, 2.05) is 18.2 Å². The van der Waals surface area contributed by atoms with Crippen LogP contribution >= 0.6 is 0 Å². The van der Waals surface area contributed by atoms with Gasteiger partial charge in [0.2, 0.25) is 0 Å². The van der Waals surface area contributed by atoms with Crippen LogP contribution in [0.1, 0.15) is 37.9 Å². The predicted molar refractivity (Wildman–Crippen MR) is 77.5 cm³/mol. The first-order valence-corrected chi connectivity index (χ1v) is 7.55. The Balaban J connectivity index is 1.46. The lowest BCUT2D eigenvalue weighted by atomic mass is 9.53. The van der Waals surface area contributed by atoms with Crippen molar-refractivity contribution >= 4 is 0 Å². The van der Waals surface area contributed by atoms with Crippen LogP contribution in [0.25, 0.3) is 5.69 Å². The van der Waals surface area contributed by atoms with Gasteiger partial charge in [0.25, 0.3) is 0 Å². The van der Waals surface area contributed by atoms with Crippen LogP contribution < -0.4 is 5.32 Å². The monoisotopic (exact) mass is 268 g/mol. The van der Waals surface area contributed by atoms with E-state index in [9.17, 15) is 0 Å². The summed E-state index contributed by atoms with van der Waals surface area (Å²) in [6, 6.07) is 11.0. The van der Waals surface area contributed by atoms with Crippen LogP contribution in [-0.2, 0) is 6.54 Å². The van der Waals surface area contributed by atoms with E-state index in [0.717, 1.165) is 18.1 Å². The quantitative estimate of drug-likeness (QED) is 0.927. The summed E-state index contributed by atoms with van der Waals surface area (Å²) >= 11 is 0. The van der Waals surface area contributed by atoms with Gasteiger partial charge in [-0.05, 0) is 43.2 Å². The molecule has 2 aromatic rings. The van der Waals surface area contributed by atoms with Gasteiger partial charge in [-0.25, -0.2) is 0 Å². The van der Waals surface area contributed by atoms with E-state index in [1.54, 1.807) is 6.33 Å². The Kier molecular flexibility index (Phi) is 2.84. The molecule has 0 radical (unpaired) electrons. The molecule has 104 valence electrons. The van der Waals surface area contributed by atoms with Gasteiger partial charge in [0, 0.05) is 11.7 Å². The third-order valence-corrected chi connectivity index (χ3v) is 5.18. The normalized spacial score (nSPS) is 23.3. The smallest absolute Gasteiger partial charge is 0.151 e. The van der Waals surface area contributed by atoms with Crippen LogP contribution in [0.4, 0.5) is 0 Å². The van der Waals surface area contributed by atoms with Crippen molar-refractivity contribution in [2.45, 2.75) is 44.7 Å². The highest BCUT2D eigenvalue weighted by Gasteiger charge is 2.50. The van der Waals surface area contributed by atoms with E-state index in [-0.39, 0.29) is 0 Å². The molecule has 0 bridgehead atoms. The number of nitrogens with zero attached hydrogens (tertiary/aromatic N) is 3. The van der Waals surface area contributed by atoms with E-state index in [2.05, 4.69) is 32.2 Å². The van der Waals surface area contributed by atoms with Crippen LogP contribution in [0.15, 0.2) is 36.7 Å². The summed E-state index contributed by atoms with van der Waals surface area (Å²) in [5.74, 6) is 0.998. The van der Waals surface area contributed by atoms with Gasteiger partial charge in [-0.2, -0.15) is 0 Å². The molecule has 0 saturated heterocycles. The topological polar surface area (TPSA) is 42.7 Å². The lowest BCUT2D eigenvalue weighted by Crippen LogP contribution is -2.56. The van der Waals surface area contributed by atoms with Gasteiger partial charge in [-0.3, -0.25) is 4.57 Å². The fraction of sp³-hybridized carbons (Fsp3) is 0.500. The summed E-state index contributed by atoms with van der Waals surface area (Å²) in [6.45, 7) is 0.807. The highest BCUT2D eigenvalue weighted by molar-refractivity contribution is 5.31. The van der Waals surface area contributed by atoms with Gasteiger partial charge in [0.1, 0.15) is 6.33 Å². The number of benzene rings is 1. The van der Waals surface area contributed by atoms with Crippen LogP contribution in [0, 0.1) is 5.41 Å². The molecule has 4 heteroatoms. The Morgan fingerprint density at radius 3 is 2.70 bits per heavy atom. The Morgan fingerprint density at radius 2 is 2.05 bits per heavy atom. The molecule has 1 atom stereocenters. The summed E-state index contributed by atoms with van der Waals surface area (Å²) in [5.41, 5.74) is 1.76. The van der Waals surface area contributed by atoms with Crippen molar-refractivity contribution in [1.82, 2.24) is 20.1 Å². The standard InChI is InChI=1S/C16H20N4/c1-2-5-13(6-3-1)20-12-18-19-15(20)11-17-14-7-10-16(14)8-4-9-16/h1-3,5-6,12,14,17H,4,7-11H2. The molecule has 4 rings (SSSR count). The van der Waals surface area contributed by atoms with Crippen molar-refractivity contribution in [3.63, 3.8) is 0 Å². The second-order valence-corrected chi connectivity index (χ2v) is 6.14. The first-order valence-electron chi connectivity index (χ1n) is 7.55. The zero-order chi connectivity index (χ0) is 13.4. The maximum absolute atomic E-state index is 4.26. The minimum atomic E-state index is 0.637. The van der Waals surface area contributed by atoms with Crippen molar-refractivity contribution < 1.29 is 0 Å². The average Bonchev–Trinajstić information content (AvgIpc) is 2.85. The minimum Gasteiger partial charge on any atom is -0.306 e. The number of rotatable bonds is 4. The van der Waals surface area contributed by atoms with Gasteiger partial charge in [-0.15, -0.1) is 10.2 Å². The zero-order valence-corrected chi connectivity index (χ0v) is 11.6. The largest absolute Gasteiger partial charge is 0.306 e. The fourth-order valence-electron chi connectivity index (χ4n) is 3.64. The first-order chi connectivity index (χ1) is 9.87. The lowest BCUT2D eigenvalue weighted by molar-refractivity contribution is -0.0184. The summed E-state index contributed by atoms with van der Waals surface area (Å²) in [4.78, 5) is 0. The highest BCUT2D eigenvalue weighted by atomic mass is 15.3. The van der Waals surface area contributed by atoms with E-state index < -0.39 is 0 Å². The zero-order valence-electron chi connectivity index (χ0n) is 11.6. The van der Waals surface area contributed by atoms with Crippen molar-refractivity contribution in [2.75, 3.05) is 0 Å². The van der Waals surface area contributed by atoms with Crippen LogP contribution in [0.3, 0.4) is 0 Å². The molecule has 1 N–H and O–H groups in total. The third-order valence-electron chi connectivity index (χ3n) is 5.18. The molecular weight excluding hydrogens is 248 g/mol. The average molecular weight is 268 g/mol. The Morgan fingerprint density at radius 1 is 1.20 bits per heavy atom. The number of para-hydroxylation sites is 1. The number of aromatic nitrogens is 3. The Bertz CT molecular complexity index is 580. The van der Waals surface area contributed by atoms with Crippen molar-refractivity contribution in [1.29, 1.82) is 0 Å². The molecule has 2 fully saturated rings. The molecule has 20 heavy (non-hydrogen) atoms. The van der Waals surface area contributed by atoms with Gasteiger partial charge in [0.05, 0.1) is 6.54 Å². The summed E-state index contributed by atoms with van der Waals surface area (Å²) in [7, 11) is 0. The molecular formula is C16H20N4. The van der Waals surface area contributed by atoms with Crippen molar-refractivity contribution in [3.8, 4) is 5.69 Å². The van der Waals surface area contributed by atoms with Crippen molar-refractivity contribution in [2.24, 2.45) is 5.41 Å². The molecule has 1 heterocycles. The molecule has 1 unspecified atom stereocenters. The molecule has 2 aliphatic rings. The summed E-state index contributed by atoms with van der Waals surface area (Å²) in [5, 5.41) is 12.0. The molecule has 2 aliphatic carbocycles. The maximum atomic E-state index is 4.26. The van der Waals surface area contributed by atoms with E-state index in [4.69, 9.17) is 0 Å². The number of hydrogen-bond acceptors (Lipinski definition) is 3. The van der Waals surface area contributed by atoms with E-state index in [1.165, 1.54) is 32.1 Å². The van der Waals surface area contributed by atoms with Gasteiger partial charge in [-0.1, -0.05) is 24.6 Å². The summed E-state index contributed by atoms with van der Waals surface area (Å²) in [6.07, 6.45) is 8.77. The molecule has 1 aromatic heterocycles. The first kappa shape index (κ1) is 12.1. The Labute approximate surface area is 119 Å². The molecule has 0 amide bonds. The highest BCUT2D eigenvalue weighted by Crippen LogP contribution is 2.55. The number of nitrogens with one attached hydrogen (secondary N) is 1. The van der Waals surface area contributed by atoms with Gasteiger partial charge < -0.3 is 5.32 Å². The molecule has 4 nitrogen and oxygen atoms in total. The van der Waals surface area contributed by atoms with E-state index >= 15 is 0 Å². The van der Waals surface area contributed by atoms with Crippen molar-refractivity contribution in [3.05, 3.63) is 42.5 Å². The molecule has 1 spiro atoms. The second-order valence-electron chi connectivity index (χ2n) is 6.14. The molecule has 1 aromatic carbocycles. The summed E-state index contributed by atoms with van der Waals surface area (Å²) < 4.78 is 2.07. The maximum Gasteiger partial charge on any atom is 0.151 e. The predicted octanol–water partition coefficient (Wildman–Crippen LogP) is 2.69. The SMILES string of the molecule is c1ccc(-n2cnnc2CNC2CCC23CCC3)cc1. The third kappa shape index (κ3) is 1.86. The van der Waals surface area contributed by atoms with Crippen LogP contribution in [-0.4, -0.2) is 20.8 Å². The fourth-order valence-corrected chi connectivity index (χ4v) is 3.64. The van der Waals surface area contributed by atoms with E-state index in [0.29, 0.717) is 11.5 Å². The Hall–Kier alpha value is -1.68. The number of hydrogen-bond donors (Lipinski definition) is 1.